The van der Waals surface area contributed by atoms with Crippen LogP contribution in [0.15, 0.2) is 16.9 Å². The SMILES string of the molecule is Brc1cnc(OC[C@@H]2CCCN2)nc1.Cl. The minimum Gasteiger partial charge on any atom is -0.462 e. The van der Waals surface area contributed by atoms with Crippen LogP contribution in [-0.2, 0) is 0 Å². The average Bonchev–Trinajstić information content (AvgIpc) is 2.70. The third-order valence-corrected chi connectivity index (χ3v) is 2.58. The van der Waals surface area contributed by atoms with Crippen molar-refractivity contribution in [3.63, 3.8) is 0 Å². The predicted octanol–water partition coefficient (Wildman–Crippen LogP) is 1.79. The molecule has 0 aromatic carbocycles. The topological polar surface area (TPSA) is 47.0 Å². The fourth-order valence-corrected chi connectivity index (χ4v) is 1.65. The van der Waals surface area contributed by atoms with E-state index in [4.69, 9.17) is 4.74 Å². The lowest BCUT2D eigenvalue weighted by Crippen LogP contribution is -2.28. The van der Waals surface area contributed by atoms with E-state index in [0.29, 0.717) is 18.7 Å². The van der Waals surface area contributed by atoms with Gasteiger partial charge in [0.15, 0.2) is 0 Å². The van der Waals surface area contributed by atoms with Crippen molar-refractivity contribution in [2.75, 3.05) is 13.2 Å². The Morgan fingerprint density at radius 1 is 1.47 bits per heavy atom. The standard InChI is InChI=1S/C9H12BrN3O.ClH/c10-7-4-12-9(13-5-7)14-6-8-2-1-3-11-8;/h4-5,8,11H,1-3,6H2;1H/t8-;/m0./s1. The highest BCUT2D eigenvalue weighted by Gasteiger charge is 2.14. The van der Waals surface area contributed by atoms with Gasteiger partial charge in [0, 0.05) is 18.4 Å². The van der Waals surface area contributed by atoms with Crippen molar-refractivity contribution in [1.82, 2.24) is 15.3 Å². The Labute approximate surface area is 103 Å². The molecule has 2 rings (SSSR count). The zero-order chi connectivity index (χ0) is 9.80. The number of ether oxygens (including phenoxy) is 1. The van der Waals surface area contributed by atoms with E-state index < -0.39 is 0 Å². The molecule has 1 aromatic heterocycles. The Kier molecular flexibility index (Phi) is 5.28. The number of aromatic nitrogens is 2. The van der Waals surface area contributed by atoms with Crippen LogP contribution < -0.4 is 10.1 Å². The molecule has 2 heterocycles. The van der Waals surface area contributed by atoms with Crippen molar-refractivity contribution >= 4 is 28.3 Å². The van der Waals surface area contributed by atoms with Crippen LogP contribution in [-0.4, -0.2) is 29.2 Å². The van der Waals surface area contributed by atoms with Crippen molar-refractivity contribution in [2.24, 2.45) is 0 Å². The normalized spacial score (nSPS) is 19.7. The Bertz CT molecular complexity index is 290. The van der Waals surface area contributed by atoms with Crippen molar-refractivity contribution in [1.29, 1.82) is 0 Å². The van der Waals surface area contributed by atoms with Crippen LogP contribution >= 0.6 is 28.3 Å². The molecule has 0 bridgehead atoms. The number of hydrogen-bond acceptors (Lipinski definition) is 4. The highest BCUT2D eigenvalue weighted by Crippen LogP contribution is 2.10. The Morgan fingerprint density at radius 2 is 2.20 bits per heavy atom. The molecule has 15 heavy (non-hydrogen) atoms. The maximum Gasteiger partial charge on any atom is 0.316 e. The molecule has 0 aliphatic carbocycles. The van der Waals surface area contributed by atoms with Crippen LogP contribution in [0.2, 0.25) is 0 Å². The van der Waals surface area contributed by atoms with Crippen LogP contribution in [0, 0.1) is 0 Å². The van der Waals surface area contributed by atoms with Gasteiger partial charge >= 0.3 is 6.01 Å². The number of nitrogens with one attached hydrogen (secondary N) is 1. The molecule has 4 nitrogen and oxygen atoms in total. The molecule has 1 fully saturated rings. The maximum atomic E-state index is 5.44. The molecule has 1 aromatic rings. The summed E-state index contributed by atoms with van der Waals surface area (Å²) in [4.78, 5) is 8.06. The monoisotopic (exact) mass is 293 g/mol. The van der Waals surface area contributed by atoms with Crippen molar-refractivity contribution in [3.8, 4) is 6.01 Å². The van der Waals surface area contributed by atoms with Crippen LogP contribution in [0.3, 0.4) is 0 Å². The third-order valence-electron chi connectivity index (χ3n) is 2.17. The van der Waals surface area contributed by atoms with Gasteiger partial charge in [-0.1, -0.05) is 0 Å². The molecule has 1 aliphatic rings. The van der Waals surface area contributed by atoms with E-state index in [1.54, 1.807) is 12.4 Å². The molecule has 1 atom stereocenters. The van der Waals surface area contributed by atoms with Crippen LogP contribution in [0.4, 0.5) is 0 Å². The lowest BCUT2D eigenvalue weighted by atomic mass is 10.2. The molecule has 6 heteroatoms. The first-order valence-electron chi connectivity index (χ1n) is 4.68. The number of hydrogen-bond donors (Lipinski definition) is 1. The lowest BCUT2D eigenvalue weighted by molar-refractivity contribution is 0.257. The van der Waals surface area contributed by atoms with Gasteiger partial charge in [-0.2, -0.15) is 0 Å². The van der Waals surface area contributed by atoms with Gasteiger partial charge in [0.25, 0.3) is 0 Å². The molecule has 1 aliphatic heterocycles. The highest BCUT2D eigenvalue weighted by molar-refractivity contribution is 9.10. The van der Waals surface area contributed by atoms with Crippen molar-refractivity contribution < 1.29 is 4.74 Å². The quantitative estimate of drug-likeness (QED) is 0.923. The smallest absolute Gasteiger partial charge is 0.316 e. The molecule has 0 unspecified atom stereocenters. The second kappa shape index (κ2) is 6.25. The van der Waals surface area contributed by atoms with Crippen LogP contribution in [0.1, 0.15) is 12.8 Å². The number of halogens is 2. The summed E-state index contributed by atoms with van der Waals surface area (Å²) in [6.45, 7) is 1.75. The fourth-order valence-electron chi connectivity index (χ4n) is 1.45. The summed E-state index contributed by atoms with van der Waals surface area (Å²) in [5, 5.41) is 3.35. The van der Waals surface area contributed by atoms with Gasteiger partial charge in [-0.25, -0.2) is 9.97 Å². The lowest BCUT2D eigenvalue weighted by Gasteiger charge is -2.09. The van der Waals surface area contributed by atoms with E-state index in [9.17, 15) is 0 Å². The summed E-state index contributed by atoms with van der Waals surface area (Å²) in [7, 11) is 0. The van der Waals surface area contributed by atoms with Gasteiger partial charge in [0.1, 0.15) is 6.61 Å². The summed E-state index contributed by atoms with van der Waals surface area (Å²) in [5.41, 5.74) is 0. The molecule has 0 spiro atoms. The van der Waals surface area contributed by atoms with E-state index in [1.807, 2.05) is 0 Å². The number of rotatable bonds is 3. The average molecular weight is 295 g/mol. The summed E-state index contributed by atoms with van der Waals surface area (Å²) < 4.78 is 6.30. The molecule has 84 valence electrons. The van der Waals surface area contributed by atoms with Gasteiger partial charge in [0.05, 0.1) is 4.47 Å². The third kappa shape index (κ3) is 3.93. The second-order valence-corrected chi connectivity index (χ2v) is 4.20. The van der Waals surface area contributed by atoms with Gasteiger partial charge in [-0.05, 0) is 35.3 Å². The summed E-state index contributed by atoms with van der Waals surface area (Å²) in [5.74, 6) is 0. The minimum atomic E-state index is 0. The van der Waals surface area contributed by atoms with E-state index in [1.165, 1.54) is 12.8 Å². The van der Waals surface area contributed by atoms with Crippen molar-refractivity contribution in [3.05, 3.63) is 16.9 Å². The Morgan fingerprint density at radius 3 is 2.80 bits per heavy atom. The maximum absolute atomic E-state index is 5.44. The predicted molar refractivity (Wildman–Crippen MR) is 63.5 cm³/mol. The Balaban J connectivity index is 0.00000112. The molecule has 1 saturated heterocycles. The Hall–Kier alpha value is -0.390. The fraction of sp³-hybridized carbons (Fsp3) is 0.556. The van der Waals surface area contributed by atoms with Crippen LogP contribution in [0.5, 0.6) is 6.01 Å². The molecule has 0 saturated carbocycles. The first-order chi connectivity index (χ1) is 6.84. The second-order valence-electron chi connectivity index (χ2n) is 3.29. The highest BCUT2D eigenvalue weighted by atomic mass is 79.9. The van der Waals surface area contributed by atoms with E-state index in [-0.39, 0.29) is 12.4 Å². The summed E-state index contributed by atoms with van der Waals surface area (Å²) in [6, 6.07) is 0.907. The van der Waals surface area contributed by atoms with Gasteiger partial charge in [-0.3, -0.25) is 0 Å². The van der Waals surface area contributed by atoms with E-state index in [0.717, 1.165) is 11.0 Å². The van der Waals surface area contributed by atoms with Crippen LogP contribution in [0.25, 0.3) is 0 Å². The first-order valence-corrected chi connectivity index (χ1v) is 5.47. The zero-order valence-electron chi connectivity index (χ0n) is 8.15. The largest absolute Gasteiger partial charge is 0.462 e. The molecule has 1 N–H and O–H groups in total. The van der Waals surface area contributed by atoms with E-state index >= 15 is 0 Å². The molecular weight excluding hydrogens is 281 g/mol. The van der Waals surface area contributed by atoms with Gasteiger partial charge in [-0.15, -0.1) is 12.4 Å². The van der Waals surface area contributed by atoms with E-state index in [2.05, 4.69) is 31.2 Å². The van der Waals surface area contributed by atoms with Crippen molar-refractivity contribution in [2.45, 2.75) is 18.9 Å². The first kappa shape index (κ1) is 12.7. The molecular formula is C9H13BrClN3O. The summed E-state index contributed by atoms with van der Waals surface area (Å²) >= 11 is 3.27. The summed E-state index contributed by atoms with van der Waals surface area (Å²) in [6.07, 6.45) is 5.78. The molecule has 0 radical (unpaired) electrons. The molecule has 0 amide bonds. The number of nitrogens with zero attached hydrogens (tertiary/aromatic N) is 2. The zero-order valence-corrected chi connectivity index (χ0v) is 10.6. The van der Waals surface area contributed by atoms with Gasteiger partial charge in [0.2, 0.25) is 0 Å². The minimum absolute atomic E-state index is 0. The van der Waals surface area contributed by atoms with Gasteiger partial charge < -0.3 is 10.1 Å².